The van der Waals surface area contributed by atoms with Crippen LogP contribution in [-0.2, 0) is 4.79 Å². The molecule has 2 aromatic rings. The fraction of sp³-hybridized carbons (Fsp3) is 0.364. The monoisotopic (exact) mass is 494 g/mol. The van der Waals surface area contributed by atoms with Gasteiger partial charge in [-0.25, -0.2) is 4.39 Å². The van der Waals surface area contributed by atoms with Crippen LogP contribution in [0.2, 0.25) is 0 Å². The fourth-order valence-electron chi connectivity index (χ4n) is 3.64. The van der Waals surface area contributed by atoms with Crippen LogP contribution >= 0.6 is 22.6 Å². The van der Waals surface area contributed by atoms with E-state index in [9.17, 15) is 14.0 Å². The maximum absolute atomic E-state index is 13.2. The number of piperidine rings is 1. The van der Waals surface area contributed by atoms with Crippen LogP contribution < -0.4 is 5.32 Å². The molecule has 6 heteroatoms. The average molecular weight is 494 g/mol. The number of likely N-dealkylation sites (tertiary alicyclic amines) is 1. The first-order valence-electron chi connectivity index (χ1n) is 9.59. The first kappa shape index (κ1) is 20.8. The van der Waals surface area contributed by atoms with Gasteiger partial charge in [0.2, 0.25) is 5.91 Å². The number of amides is 2. The van der Waals surface area contributed by atoms with Gasteiger partial charge in [-0.2, -0.15) is 0 Å². The minimum Gasteiger partial charge on any atom is -0.349 e. The molecule has 1 aliphatic rings. The predicted molar refractivity (Wildman–Crippen MR) is 116 cm³/mol. The summed E-state index contributed by atoms with van der Waals surface area (Å²) in [5.74, 6) is -0.499. The normalized spacial score (nSPS) is 15.9. The van der Waals surface area contributed by atoms with Crippen LogP contribution in [0.15, 0.2) is 48.5 Å². The molecule has 0 aromatic heterocycles. The highest BCUT2D eigenvalue weighted by molar-refractivity contribution is 14.1. The van der Waals surface area contributed by atoms with Crippen molar-refractivity contribution in [1.29, 1.82) is 0 Å². The van der Waals surface area contributed by atoms with Crippen molar-refractivity contribution >= 4 is 34.4 Å². The number of hydrogen-bond donors (Lipinski definition) is 1. The summed E-state index contributed by atoms with van der Waals surface area (Å²) < 4.78 is 13.8. The van der Waals surface area contributed by atoms with Crippen LogP contribution in [0, 0.1) is 9.39 Å². The Morgan fingerprint density at radius 3 is 2.46 bits per heavy atom. The molecule has 0 radical (unpaired) electrons. The van der Waals surface area contributed by atoms with Crippen LogP contribution in [0.5, 0.6) is 0 Å². The van der Waals surface area contributed by atoms with E-state index in [4.69, 9.17) is 0 Å². The number of carbonyl (C=O) groups excluding carboxylic acids is 2. The molecule has 1 unspecified atom stereocenters. The lowest BCUT2D eigenvalue weighted by molar-refractivity contribution is -0.134. The van der Waals surface area contributed by atoms with E-state index in [-0.39, 0.29) is 29.6 Å². The van der Waals surface area contributed by atoms with E-state index in [0.29, 0.717) is 22.2 Å². The lowest BCUT2D eigenvalue weighted by Gasteiger charge is -2.34. The fourth-order valence-corrected chi connectivity index (χ4v) is 4.36. The third kappa shape index (κ3) is 4.90. The Labute approximate surface area is 178 Å². The Hall–Kier alpha value is -1.96. The summed E-state index contributed by atoms with van der Waals surface area (Å²) in [7, 11) is 0. The van der Waals surface area contributed by atoms with Gasteiger partial charge in [-0.05, 0) is 65.6 Å². The maximum atomic E-state index is 13.2. The smallest absolute Gasteiger partial charge is 0.252 e. The second-order valence-electron chi connectivity index (χ2n) is 7.07. The van der Waals surface area contributed by atoms with E-state index in [1.807, 2.05) is 64.7 Å². The highest BCUT2D eigenvalue weighted by Crippen LogP contribution is 2.24. The van der Waals surface area contributed by atoms with E-state index < -0.39 is 0 Å². The largest absolute Gasteiger partial charge is 0.349 e. The Morgan fingerprint density at radius 1 is 1.18 bits per heavy atom. The van der Waals surface area contributed by atoms with Crippen LogP contribution in [0.4, 0.5) is 4.39 Å². The molecule has 1 fully saturated rings. The van der Waals surface area contributed by atoms with Gasteiger partial charge < -0.3 is 10.2 Å². The van der Waals surface area contributed by atoms with Crippen molar-refractivity contribution < 1.29 is 14.0 Å². The van der Waals surface area contributed by atoms with Gasteiger partial charge in [-0.3, -0.25) is 9.59 Å². The highest BCUT2D eigenvalue weighted by Gasteiger charge is 2.29. The molecule has 1 aliphatic heterocycles. The first-order valence-corrected chi connectivity index (χ1v) is 10.7. The van der Waals surface area contributed by atoms with Gasteiger partial charge in [0.25, 0.3) is 5.91 Å². The average Bonchev–Trinajstić information content (AvgIpc) is 2.69. The Balaban J connectivity index is 1.56. The van der Waals surface area contributed by atoms with Crippen LogP contribution in [0.1, 0.15) is 48.0 Å². The van der Waals surface area contributed by atoms with Crippen molar-refractivity contribution in [2.75, 3.05) is 13.1 Å². The number of carbonyl (C=O) groups is 2. The van der Waals surface area contributed by atoms with Gasteiger partial charge in [-0.1, -0.05) is 37.3 Å². The lowest BCUT2D eigenvalue weighted by atomic mass is 9.93. The molecule has 0 bridgehead atoms. The number of hydrogen-bond acceptors (Lipinski definition) is 2. The minimum atomic E-state index is -0.350. The quantitative estimate of drug-likeness (QED) is 0.629. The van der Waals surface area contributed by atoms with Crippen LogP contribution in [-0.4, -0.2) is 35.8 Å². The molecule has 148 valence electrons. The summed E-state index contributed by atoms with van der Waals surface area (Å²) in [5, 5.41) is 3.03. The van der Waals surface area contributed by atoms with Gasteiger partial charge >= 0.3 is 0 Å². The standard InChI is InChI=1S/C22H24FIN2O2/c1-2-18(15-6-4-3-5-7-15)22(28)26-12-10-17(11-13-26)25-21(27)19-9-8-16(23)14-20(19)24/h3-9,14,17-18H,2,10-13H2,1H3,(H,25,27). The van der Waals surface area contributed by atoms with E-state index >= 15 is 0 Å². The highest BCUT2D eigenvalue weighted by atomic mass is 127. The molecule has 1 saturated heterocycles. The summed E-state index contributed by atoms with van der Waals surface area (Å²) in [6, 6.07) is 14.1. The zero-order valence-electron chi connectivity index (χ0n) is 15.8. The molecule has 28 heavy (non-hydrogen) atoms. The molecule has 1 N–H and O–H groups in total. The molecular formula is C22H24FIN2O2. The topological polar surface area (TPSA) is 49.4 Å². The van der Waals surface area contributed by atoms with Crippen molar-refractivity contribution in [1.82, 2.24) is 10.2 Å². The Morgan fingerprint density at radius 2 is 1.86 bits per heavy atom. The molecule has 2 amide bonds. The summed E-state index contributed by atoms with van der Waals surface area (Å²) in [4.78, 5) is 27.3. The summed E-state index contributed by atoms with van der Waals surface area (Å²) in [6.07, 6.45) is 2.21. The number of rotatable bonds is 5. The lowest BCUT2D eigenvalue weighted by Crippen LogP contribution is -2.47. The molecule has 3 rings (SSSR count). The SMILES string of the molecule is CCC(C(=O)N1CCC(NC(=O)c2ccc(F)cc2I)CC1)c1ccccc1. The van der Waals surface area contributed by atoms with Gasteiger partial charge in [-0.15, -0.1) is 0 Å². The van der Waals surface area contributed by atoms with Crippen molar-refractivity contribution in [3.63, 3.8) is 0 Å². The summed E-state index contributed by atoms with van der Waals surface area (Å²) >= 11 is 1.97. The predicted octanol–water partition coefficient (Wildman–Crippen LogP) is 4.34. The molecule has 1 atom stereocenters. The van der Waals surface area contributed by atoms with E-state index in [1.165, 1.54) is 18.2 Å². The third-order valence-electron chi connectivity index (χ3n) is 5.23. The van der Waals surface area contributed by atoms with E-state index in [0.717, 1.165) is 24.8 Å². The molecule has 4 nitrogen and oxygen atoms in total. The number of nitrogens with one attached hydrogen (secondary N) is 1. The number of nitrogens with zero attached hydrogens (tertiary/aromatic N) is 1. The molecule has 0 spiro atoms. The maximum Gasteiger partial charge on any atom is 0.252 e. The van der Waals surface area contributed by atoms with E-state index in [1.54, 1.807) is 0 Å². The number of halogens is 2. The van der Waals surface area contributed by atoms with Gasteiger partial charge in [0.05, 0.1) is 11.5 Å². The van der Waals surface area contributed by atoms with Gasteiger partial charge in [0.1, 0.15) is 5.82 Å². The van der Waals surface area contributed by atoms with Crippen molar-refractivity contribution in [2.24, 2.45) is 0 Å². The second kappa shape index (κ2) is 9.49. The molecule has 0 aliphatic carbocycles. The van der Waals surface area contributed by atoms with Crippen LogP contribution in [0.3, 0.4) is 0 Å². The molecule has 1 heterocycles. The number of benzene rings is 2. The summed E-state index contributed by atoms with van der Waals surface area (Å²) in [5.41, 5.74) is 1.53. The Bertz CT molecular complexity index is 836. The van der Waals surface area contributed by atoms with Crippen LogP contribution in [0.25, 0.3) is 0 Å². The first-order chi connectivity index (χ1) is 13.5. The zero-order chi connectivity index (χ0) is 20.1. The minimum absolute atomic E-state index is 0.0224. The Kier molecular flexibility index (Phi) is 7.04. The third-order valence-corrected chi connectivity index (χ3v) is 6.12. The molecule has 2 aromatic carbocycles. The second-order valence-corrected chi connectivity index (χ2v) is 8.23. The van der Waals surface area contributed by atoms with Crippen molar-refractivity contribution in [3.8, 4) is 0 Å². The van der Waals surface area contributed by atoms with Gasteiger partial charge in [0.15, 0.2) is 0 Å². The zero-order valence-corrected chi connectivity index (χ0v) is 18.0. The molecular weight excluding hydrogens is 470 g/mol. The summed E-state index contributed by atoms with van der Waals surface area (Å²) in [6.45, 7) is 3.30. The van der Waals surface area contributed by atoms with Crippen molar-refractivity contribution in [3.05, 3.63) is 69.0 Å². The van der Waals surface area contributed by atoms with E-state index in [2.05, 4.69) is 5.32 Å². The molecule has 0 saturated carbocycles. The van der Waals surface area contributed by atoms with Gasteiger partial charge in [0, 0.05) is 22.7 Å². The van der Waals surface area contributed by atoms with Crippen molar-refractivity contribution in [2.45, 2.75) is 38.1 Å².